The highest BCUT2D eigenvalue weighted by atomic mass is 19.1. The van der Waals surface area contributed by atoms with E-state index in [4.69, 9.17) is 0 Å². The first-order chi connectivity index (χ1) is 9.41. The van der Waals surface area contributed by atoms with Gasteiger partial charge in [0.1, 0.15) is 11.6 Å². The Morgan fingerprint density at radius 1 is 1.10 bits per heavy atom. The van der Waals surface area contributed by atoms with Crippen LogP contribution in [0.4, 0.5) is 8.78 Å². The van der Waals surface area contributed by atoms with Crippen molar-refractivity contribution in [3.63, 3.8) is 0 Å². The molecular formula is C15H23F2NO2. The molecule has 0 aromatic heterocycles. The number of carbonyl (C=O) groups excluding carboxylic acids is 2. The highest BCUT2D eigenvalue weighted by Gasteiger charge is 2.16. The number of amides is 1. The molecular weight excluding hydrogens is 264 g/mol. The molecule has 1 atom stereocenters. The summed E-state index contributed by atoms with van der Waals surface area (Å²) >= 11 is 0. The minimum absolute atomic E-state index is 0.135. The summed E-state index contributed by atoms with van der Waals surface area (Å²) < 4.78 is 25.9. The van der Waals surface area contributed by atoms with Gasteiger partial charge < -0.3 is 5.32 Å². The molecule has 0 aliphatic rings. The molecule has 0 heterocycles. The van der Waals surface area contributed by atoms with E-state index in [9.17, 15) is 18.4 Å². The van der Waals surface area contributed by atoms with Crippen LogP contribution in [0.3, 0.4) is 0 Å². The third-order valence-corrected chi connectivity index (χ3v) is 2.10. The topological polar surface area (TPSA) is 46.2 Å². The van der Waals surface area contributed by atoms with Gasteiger partial charge in [-0.2, -0.15) is 0 Å². The van der Waals surface area contributed by atoms with Crippen LogP contribution in [0.5, 0.6) is 0 Å². The van der Waals surface area contributed by atoms with E-state index in [0.29, 0.717) is 0 Å². The molecule has 0 saturated heterocycles. The summed E-state index contributed by atoms with van der Waals surface area (Å²) in [6.45, 7) is 10.6. The van der Waals surface area contributed by atoms with E-state index in [-0.39, 0.29) is 5.56 Å². The molecule has 0 aliphatic carbocycles. The lowest BCUT2D eigenvalue weighted by Crippen LogP contribution is -2.32. The Morgan fingerprint density at radius 3 is 2.00 bits per heavy atom. The van der Waals surface area contributed by atoms with Crippen LogP contribution in [-0.4, -0.2) is 11.7 Å². The van der Waals surface area contributed by atoms with E-state index < -0.39 is 29.4 Å². The highest BCUT2D eigenvalue weighted by molar-refractivity contribution is 6.35. The SMILES string of the molecule is CC.CC.CC(=O)C(=O)NC(C)c1ccc(F)cc1F. The predicted octanol–water partition coefficient (Wildman–Crippen LogP) is 3.78. The van der Waals surface area contributed by atoms with Gasteiger partial charge in [0, 0.05) is 18.6 Å². The molecule has 1 amide bonds. The van der Waals surface area contributed by atoms with Crippen LogP contribution in [-0.2, 0) is 9.59 Å². The van der Waals surface area contributed by atoms with Crippen LogP contribution >= 0.6 is 0 Å². The summed E-state index contributed by atoms with van der Waals surface area (Å²) in [5.74, 6) is -2.90. The number of carbonyl (C=O) groups is 2. The Balaban J connectivity index is 0. The zero-order chi connectivity index (χ0) is 16.3. The first kappa shape index (κ1) is 20.5. The molecule has 1 aromatic carbocycles. The van der Waals surface area contributed by atoms with Crippen molar-refractivity contribution in [1.82, 2.24) is 5.32 Å². The molecule has 1 rings (SSSR count). The van der Waals surface area contributed by atoms with Gasteiger partial charge in [0.2, 0.25) is 5.78 Å². The molecule has 0 saturated carbocycles. The number of nitrogens with one attached hydrogen (secondary N) is 1. The largest absolute Gasteiger partial charge is 0.343 e. The first-order valence-electron chi connectivity index (χ1n) is 6.68. The molecule has 0 aliphatic heterocycles. The zero-order valence-electron chi connectivity index (χ0n) is 12.9. The van der Waals surface area contributed by atoms with E-state index in [0.717, 1.165) is 19.1 Å². The lowest BCUT2D eigenvalue weighted by Gasteiger charge is -2.13. The van der Waals surface area contributed by atoms with Gasteiger partial charge in [-0.25, -0.2) is 8.78 Å². The molecule has 114 valence electrons. The van der Waals surface area contributed by atoms with Crippen LogP contribution in [0, 0.1) is 11.6 Å². The number of halogens is 2. The second kappa shape index (κ2) is 11.1. The molecule has 0 fully saturated rings. The van der Waals surface area contributed by atoms with Gasteiger partial charge >= 0.3 is 0 Å². The van der Waals surface area contributed by atoms with Crippen molar-refractivity contribution >= 4 is 11.7 Å². The number of hydrogen-bond acceptors (Lipinski definition) is 2. The van der Waals surface area contributed by atoms with Crippen molar-refractivity contribution in [2.75, 3.05) is 0 Å². The highest BCUT2D eigenvalue weighted by Crippen LogP contribution is 2.17. The van der Waals surface area contributed by atoms with Crippen LogP contribution in [0.15, 0.2) is 18.2 Å². The van der Waals surface area contributed by atoms with Gasteiger partial charge in [-0.3, -0.25) is 9.59 Å². The van der Waals surface area contributed by atoms with Crippen LogP contribution in [0.25, 0.3) is 0 Å². The van der Waals surface area contributed by atoms with Gasteiger partial charge in [-0.1, -0.05) is 33.8 Å². The van der Waals surface area contributed by atoms with E-state index >= 15 is 0 Å². The third kappa shape index (κ3) is 6.97. The monoisotopic (exact) mass is 287 g/mol. The Kier molecular flexibility index (Phi) is 11.4. The second-order valence-corrected chi connectivity index (χ2v) is 3.42. The Hall–Kier alpha value is -1.78. The summed E-state index contributed by atoms with van der Waals surface area (Å²) in [5, 5.41) is 2.30. The summed E-state index contributed by atoms with van der Waals surface area (Å²) in [5.41, 5.74) is 0.135. The number of Topliss-reactive ketones (excluding diaryl/α,β-unsaturated/α-hetero) is 1. The van der Waals surface area contributed by atoms with Crippen molar-refractivity contribution < 1.29 is 18.4 Å². The van der Waals surface area contributed by atoms with E-state index in [1.165, 1.54) is 13.0 Å². The molecule has 0 radical (unpaired) electrons. The van der Waals surface area contributed by atoms with E-state index in [2.05, 4.69) is 5.32 Å². The number of ketones is 1. The summed E-state index contributed by atoms with van der Waals surface area (Å²) in [6.07, 6.45) is 0. The Labute approximate surface area is 119 Å². The van der Waals surface area contributed by atoms with Crippen LogP contribution in [0.2, 0.25) is 0 Å². The Bertz CT molecular complexity index is 434. The normalized spacial score (nSPS) is 10.2. The summed E-state index contributed by atoms with van der Waals surface area (Å²) in [4.78, 5) is 21.7. The van der Waals surface area contributed by atoms with Gasteiger partial charge in [0.25, 0.3) is 5.91 Å². The maximum Gasteiger partial charge on any atom is 0.287 e. The number of benzene rings is 1. The molecule has 3 nitrogen and oxygen atoms in total. The number of rotatable bonds is 3. The van der Waals surface area contributed by atoms with Crippen molar-refractivity contribution in [1.29, 1.82) is 0 Å². The number of hydrogen-bond donors (Lipinski definition) is 1. The second-order valence-electron chi connectivity index (χ2n) is 3.42. The Morgan fingerprint density at radius 2 is 1.60 bits per heavy atom. The average molecular weight is 287 g/mol. The summed E-state index contributed by atoms with van der Waals surface area (Å²) in [6, 6.07) is 2.37. The lowest BCUT2D eigenvalue weighted by molar-refractivity contribution is -0.137. The van der Waals surface area contributed by atoms with E-state index in [1.807, 2.05) is 27.7 Å². The van der Waals surface area contributed by atoms with Gasteiger partial charge in [0.15, 0.2) is 0 Å². The van der Waals surface area contributed by atoms with Crippen LogP contribution in [0.1, 0.15) is 53.1 Å². The zero-order valence-corrected chi connectivity index (χ0v) is 12.9. The van der Waals surface area contributed by atoms with Crippen molar-refractivity contribution in [3.05, 3.63) is 35.4 Å². The predicted molar refractivity (Wildman–Crippen MR) is 76.3 cm³/mol. The van der Waals surface area contributed by atoms with Gasteiger partial charge in [-0.05, 0) is 13.0 Å². The van der Waals surface area contributed by atoms with Crippen molar-refractivity contribution in [2.45, 2.75) is 47.6 Å². The van der Waals surface area contributed by atoms with Gasteiger partial charge in [-0.15, -0.1) is 0 Å². The first-order valence-corrected chi connectivity index (χ1v) is 6.68. The smallest absolute Gasteiger partial charge is 0.287 e. The third-order valence-electron chi connectivity index (χ3n) is 2.10. The summed E-state index contributed by atoms with van der Waals surface area (Å²) in [7, 11) is 0. The van der Waals surface area contributed by atoms with Crippen molar-refractivity contribution in [3.8, 4) is 0 Å². The van der Waals surface area contributed by atoms with E-state index in [1.54, 1.807) is 0 Å². The minimum Gasteiger partial charge on any atom is -0.343 e. The quantitative estimate of drug-likeness (QED) is 0.860. The van der Waals surface area contributed by atoms with Gasteiger partial charge in [0.05, 0.1) is 6.04 Å². The standard InChI is InChI=1S/C11H11F2NO2.2C2H6/c1-6(14-11(16)7(2)15)9-4-3-8(12)5-10(9)13;2*1-2/h3-6H,1-2H3,(H,14,16);2*1-2H3. The van der Waals surface area contributed by atoms with Crippen molar-refractivity contribution in [2.24, 2.45) is 0 Å². The molecule has 0 bridgehead atoms. The molecule has 1 N–H and O–H groups in total. The fraction of sp³-hybridized carbons (Fsp3) is 0.467. The molecule has 20 heavy (non-hydrogen) atoms. The lowest BCUT2D eigenvalue weighted by atomic mass is 10.1. The molecule has 1 unspecified atom stereocenters. The molecule has 1 aromatic rings. The average Bonchev–Trinajstić information content (AvgIpc) is 2.42. The molecule has 0 spiro atoms. The fourth-order valence-electron chi connectivity index (χ4n) is 1.23. The maximum atomic E-state index is 13.3. The maximum absolute atomic E-state index is 13.3. The van der Waals surface area contributed by atoms with Crippen LogP contribution < -0.4 is 5.32 Å². The molecule has 5 heteroatoms. The minimum atomic E-state index is -0.795. The fourth-order valence-corrected chi connectivity index (χ4v) is 1.23.